The van der Waals surface area contributed by atoms with Crippen LogP contribution in [0.2, 0.25) is 0 Å². The number of carbonyl (C=O) groups is 1. The second-order valence-corrected chi connectivity index (χ2v) is 4.76. The summed E-state index contributed by atoms with van der Waals surface area (Å²) in [6.45, 7) is 4.00. The SMILES string of the molecule is Cc1nc(=O)[nH]c(C)c1CC(=O)N(C)Cc1cn[nH]c1. The lowest BCUT2D eigenvalue weighted by Crippen LogP contribution is -2.29. The molecule has 0 aliphatic heterocycles. The van der Waals surface area contributed by atoms with Crippen molar-refractivity contribution in [2.45, 2.75) is 26.8 Å². The van der Waals surface area contributed by atoms with Gasteiger partial charge in [-0.05, 0) is 13.8 Å². The number of aromatic nitrogens is 4. The number of hydrogen-bond donors (Lipinski definition) is 2. The van der Waals surface area contributed by atoms with Gasteiger partial charge in [0.25, 0.3) is 0 Å². The molecule has 0 saturated heterocycles. The van der Waals surface area contributed by atoms with E-state index in [4.69, 9.17) is 0 Å². The summed E-state index contributed by atoms with van der Waals surface area (Å²) in [5, 5.41) is 6.55. The van der Waals surface area contributed by atoms with E-state index in [0.717, 1.165) is 11.1 Å². The number of carbonyl (C=O) groups excluding carboxylic acids is 1. The average Bonchev–Trinajstić information content (AvgIpc) is 2.86. The van der Waals surface area contributed by atoms with Gasteiger partial charge in [-0.1, -0.05) is 0 Å². The molecule has 0 radical (unpaired) electrons. The largest absolute Gasteiger partial charge is 0.345 e. The van der Waals surface area contributed by atoms with Gasteiger partial charge >= 0.3 is 5.69 Å². The van der Waals surface area contributed by atoms with Gasteiger partial charge in [0, 0.05) is 42.3 Å². The van der Waals surface area contributed by atoms with Crippen LogP contribution in [0.1, 0.15) is 22.5 Å². The maximum absolute atomic E-state index is 12.2. The van der Waals surface area contributed by atoms with Crippen LogP contribution in [0, 0.1) is 13.8 Å². The molecule has 2 aromatic heterocycles. The molecular weight excluding hydrogens is 258 g/mol. The van der Waals surface area contributed by atoms with Gasteiger partial charge in [0.2, 0.25) is 5.91 Å². The van der Waals surface area contributed by atoms with Crippen molar-refractivity contribution < 1.29 is 4.79 Å². The molecule has 2 N–H and O–H groups in total. The summed E-state index contributed by atoms with van der Waals surface area (Å²) in [4.78, 5) is 31.5. The number of H-pyrrole nitrogens is 2. The summed E-state index contributed by atoms with van der Waals surface area (Å²) in [7, 11) is 1.74. The molecule has 0 unspecified atom stereocenters. The molecule has 2 heterocycles. The maximum atomic E-state index is 12.2. The van der Waals surface area contributed by atoms with Gasteiger partial charge in [0.05, 0.1) is 12.6 Å². The Morgan fingerprint density at radius 3 is 2.75 bits per heavy atom. The zero-order valence-electron chi connectivity index (χ0n) is 11.7. The molecule has 0 aliphatic rings. The summed E-state index contributed by atoms with van der Waals surface area (Å²) in [6, 6.07) is 0. The van der Waals surface area contributed by atoms with Crippen molar-refractivity contribution in [1.29, 1.82) is 0 Å². The lowest BCUT2D eigenvalue weighted by molar-refractivity contribution is -0.129. The Morgan fingerprint density at radius 2 is 2.15 bits per heavy atom. The second-order valence-electron chi connectivity index (χ2n) is 4.76. The highest BCUT2D eigenvalue weighted by atomic mass is 16.2. The zero-order chi connectivity index (χ0) is 14.7. The van der Waals surface area contributed by atoms with Gasteiger partial charge in [-0.2, -0.15) is 10.1 Å². The predicted octanol–water partition coefficient (Wildman–Crippen LogP) is 0.311. The van der Waals surface area contributed by atoms with Gasteiger partial charge in [0.15, 0.2) is 0 Å². The van der Waals surface area contributed by atoms with Gasteiger partial charge in [-0.25, -0.2) is 4.79 Å². The molecular formula is C13H17N5O2. The normalized spacial score (nSPS) is 10.6. The highest BCUT2D eigenvalue weighted by Crippen LogP contribution is 2.10. The molecule has 0 aliphatic carbocycles. The Kier molecular flexibility index (Phi) is 3.97. The Balaban J connectivity index is 2.10. The molecule has 2 aromatic rings. The fourth-order valence-electron chi connectivity index (χ4n) is 2.03. The first-order valence-corrected chi connectivity index (χ1v) is 6.25. The molecule has 0 atom stereocenters. The Hall–Kier alpha value is -2.44. The molecule has 0 aromatic carbocycles. The highest BCUT2D eigenvalue weighted by molar-refractivity contribution is 5.79. The van der Waals surface area contributed by atoms with Crippen LogP contribution < -0.4 is 5.69 Å². The summed E-state index contributed by atoms with van der Waals surface area (Å²) in [6.07, 6.45) is 3.65. The monoisotopic (exact) mass is 275 g/mol. The predicted molar refractivity (Wildman–Crippen MR) is 73.1 cm³/mol. The van der Waals surface area contributed by atoms with E-state index in [9.17, 15) is 9.59 Å². The lowest BCUT2D eigenvalue weighted by atomic mass is 10.1. The summed E-state index contributed by atoms with van der Waals surface area (Å²) < 4.78 is 0. The average molecular weight is 275 g/mol. The minimum Gasteiger partial charge on any atom is -0.341 e. The minimum atomic E-state index is -0.386. The van der Waals surface area contributed by atoms with Gasteiger partial charge in [-0.15, -0.1) is 0 Å². The maximum Gasteiger partial charge on any atom is 0.345 e. The molecule has 20 heavy (non-hydrogen) atoms. The number of nitrogens with zero attached hydrogens (tertiary/aromatic N) is 3. The van der Waals surface area contributed by atoms with Crippen molar-refractivity contribution in [3.8, 4) is 0 Å². The molecule has 0 spiro atoms. The van der Waals surface area contributed by atoms with E-state index in [0.29, 0.717) is 17.9 Å². The third-order valence-electron chi connectivity index (χ3n) is 3.18. The van der Waals surface area contributed by atoms with Gasteiger partial charge in [-0.3, -0.25) is 9.89 Å². The number of amides is 1. The number of aryl methyl sites for hydroxylation is 2. The lowest BCUT2D eigenvalue weighted by Gasteiger charge is -2.17. The summed E-state index contributed by atoms with van der Waals surface area (Å²) >= 11 is 0. The topological polar surface area (TPSA) is 94.7 Å². The Bertz CT molecular complexity index is 634. The number of hydrogen-bond acceptors (Lipinski definition) is 4. The number of rotatable bonds is 4. The molecule has 7 heteroatoms. The van der Waals surface area contributed by atoms with Crippen molar-refractivity contribution in [2.24, 2.45) is 0 Å². The molecule has 2 rings (SSSR count). The van der Waals surface area contributed by atoms with Gasteiger partial charge in [0.1, 0.15) is 0 Å². The quantitative estimate of drug-likeness (QED) is 0.839. The molecule has 0 saturated carbocycles. The zero-order valence-corrected chi connectivity index (χ0v) is 11.7. The van der Waals surface area contributed by atoms with E-state index >= 15 is 0 Å². The highest BCUT2D eigenvalue weighted by Gasteiger charge is 2.15. The van der Waals surface area contributed by atoms with Crippen molar-refractivity contribution in [3.05, 3.63) is 45.4 Å². The van der Waals surface area contributed by atoms with Crippen LogP contribution in [0.3, 0.4) is 0 Å². The van der Waals surface area contributed by atoms with E-state index in [1.807, 2.05) is 0 Å². The Morgan fingerprint density at radius 1 is 1.40 bits per heavy atom. The third-order valence-corrected chi connectivity index (χ3v) is 3.18. The van der Waals surface area contributed by atoms with Crippen LogP contribution in [0.15, 0.2) is 17.2 Å². The first kappa shape index (κ1) is 14.0. The summed E-state index contributed by atoms with van der Waals surface area (Å²) in [5.74, 6) is -0.0359. The van der Waals surface area contributed by atoms with E-state index in [1.54, 1.807) is 38.2 Å². The number of aromatic amines is 2. The molecule has 1 amide bonds. The van der Waals surface area contributed by atoms with Crippen molar-refractivity contribution in [2.75, 3.05) is 7.05 Å². The Labute approximate surface area is 116 Å². The molecule has 7 nitrogen and oxygen atoms in total. The molecule has 106 valence electrons. The van der Waals surface area contributed by atoms with E-state index in [2.05, 4.69) is 20.2 Å². The number of likely N-dealkylation sites (N-methyl/N-ethyl adjacent to an activating group) is 1. The van der Waals surface area contributed by atoms with Crippen LogP contribution in [-0.4, -0.2) is 38.0 Å². The standard InChI is InChI=1S/C13H17N5O2/c1-8-11(9(2)17-13(20)16-8)4-12(19)18(3)7-10-5-14-15-6-10/h5-6H,4,7H2,1-3H3,(H,14,15)(H,16,17,20). The van der Waals surface area contributed by atoms with Crippen LogP contribution in [0.4, 0.5) is 0 Å². The third kappa shape index (κ3) is 3.11. The first-order valence-electron chi connectivity index (χ1n) is 6.25. The fourth-order valence-corrected chi connectivity index (χ4v) is 2.03. The smallest absolute Gasteiger partial charge is 0.341 e. The van der Waals surface area contributed by atoms with Crippen LogP contribution in [0.25, 0.3) is 0 Å². The van der Waals surface area contributed by atoms with Crippen molar-refractivity contribution in [1.82, 2.24) is 25.1 Å². The van der Waals surface area contributed by atoms with Gasteiger partial charge < -0.3 is 9.88 Å². The second kappa shape index (κ2) is 5.68. The van der Waals surface area contributed by atoms with Crippen LogP contribution in [0.5, 0.6) is 0 Å². The van der Waals surface area contributed by atoms with Crippen LogP contribution >= 0.6 is 0 Å². The minimum absolute atomic E-state index is 0.0359. The van der Waals surface area contributed by atoms with E-state index in [-0.39, 0.29) is 18.0 Å². The molecule has 0 bridgehead atoms. The van der Waals surface area contributed by atoms with Crippen molar-refractivity contribution in [3.63, 3.8) is 0 Å². The molecule has 0 fully saturated rings. The van der Waals surface area contributed by atoms with Crippen molar-refractivity contribution >= 4 is 5.91 Å². The van der Waals surface area contributed by atoms with E-state index in [1.165, 1.54) is 0 Å². The fraction of sp³-hybridized carbons (Fsp3) is 0.385. The first-order chi connectivity index (χ1) is 9.47. The van der Waals surface area contributed by atoms with E-state index < -0.39 is 0 Å². The van der Waals surface area contributed by atoms with Crippen LogP contribution in [-0.2, 0) is 17.8 Å². The number of nitrogens with one attached hydrogen (secondary N) is 2. The summed E-state index contributed by atoms with van der Waals surface area (Å²) in [5.41, 5.74) is 2.61.